The van der Waals surface area contributed by atoms with Gasteiger partial charge in [-0.15, -0.1) is 0 Å². The van der Waals surface area contributed by atoms with Crippen molar-refractivity contribution in [2.24, 2.45) is 0 Å². The summed E-state index contributed by atoms with van der Waals surface area (Å²) in [6.45, 7) is 1.10. The van der Waals surface area contributed by atoms with Crippen LogP contribution in [-0.4, -0.2) is 11.7 Å². The minimum atomic E-state index is 0. The number of fused-ring (bicyclic) bond motifs is 1. The Morgan fingerprint density at radius 3 is 2.40 bits per heavy atom. The van der Waals surface area contributed by atoms with E-state index in [0.29, 0.717) is 0 Å². The van der Waals surface area contributed by atoms with E-state index in [0.717, 1.165) is 18.7 Å². The highest BCUT2D eigenvalue weighted by Crippen LogP contribution is 2.24. The number of hydrogen-bond acceptors (Lipinski definition) is 1. The van der Waals surface area contributed by atoms with Crippen LogP contribution in [0.5, 0.6) is 5.75 Å². The fraction of sp³-hybridized carbons (Fsp3) is 0.286. The van der Waals surface area contributed by atoms with Gasteiger partial charge in [-0.05, 0) is 43.5 Å². The lowest BCUT2D eigenvalue weighted by atomic mass is 10.1. The van der Waals surface area contributed by atoms with Crippen molar-refractivity contribution in [2.45, 2.75) is 32.2 Å². The molecule has 0 aliphatic carbocycles. The minimum absolute atomic E-state index is 0. The molecule has 0 spiro atoms. The van der Waals surface area contributed by atoms with E-state index in [1.54, 1.807) is 7.11 Å². The van der Waals surface area contributed by atoms with Gasteiger partial charge in [0.1, 0.15) is 17.6 Å². The zero-order valence-corrected chi connectivity index (χ0v) is 16.1. The molecule has 3 nitrogen and oxygen atoms in total. The number of rotatable bonds is 3. The number of methoxy groups -OCH3 is 1. The van der Waals surface area contributed by atoms with E-state index >= 15 is 0 Å². The van der Waals surface area contributed by atoms with Crippen LogP contribution < -0.4 is 26.3 Å². The van der Waals surface area contributed by atoms with Crippen LogP contribution in [0.4, 0.5) is 0 Å². The first kappa shape index (κ1) is 17.7. The SMILES string of the molecule is COc1ccc(-n2cc(-c3ccccc3)[n+]3c2CCCCC3)cc1.[Br-]. The Bertz CT molecular complexity index is 825. The Morgan fingerprint density at radius 2 is 1.68 bits per heavy atom. The van der Waals surface area contributed by atoms with E-state index in [9.17, 15) is 0 Å². The highest BCUT2D eigenvalue weighted by molar-refractivity contribution is 5.56. The maximum atomic E-state index is 5.30. The van der Waals surface area contributed by atoms with Crippen molar-refractivity contribution in [3.63, 3.8) is 0 Å². The fourth-order valence-corrected chi connectivity index (χ4v) is 3.58. The number of aromatic nitrogens is 2. The molecule has 0 bridgehead atoms. The lowest BCUT2D eigenvalue weighted by Crippen LogP contribution is -3.00. The zero-order chi connectivity index (χ0) is 16.4. The Labute approximate surface area is 159 Å². The summed E-state index contributed by atoms with van der Waals surface area (Å²) in [6, 6.07) is 19.0. The van der Waals surface area contributed by atoms with Gasteiger partial charge in [0.2, 0.25) is 0 Å². The van der Waals surface area contributed by atoms with Crippen LogP contribution in [0, 0.1) is 0 Å². The molecule has 2 aromatic carbocycles. The third kappa shape index (κ3) is 3.49. The molecular weight excluding hydrogens is 376 g/mol. The summed E-state index contributed by atoms with van der Waals surface area (Å²) >= 11 is 0. The van der Waals surface area contributed by atoms with Gasteiger partial charge in [-0.3, -0.25) is 0 Å². The molecule has 0 amide bonds. The summed E-state index contributed by atoms with van der Waals surface area (Å²) in [7, 11) is 1.71. The molecule has 130 valence electrons. The Balaban J connectivity index is 0.00000182. The van der Waals surface area contributed by atoms with E-state index in [2.05, 4.69) is 57.8 Å². The van der Waals surface area contributed by atoms with Crippen molar-refractivity contribution >= 4 is 0 Å². The lowest BCUT2D eigenvalue weighted by Gasteiger charge is -2.03. The second kappa shape index (κ2) is 7.87. The molecule has 2 heterocycles. The van der Waals surface area contributed by atoms with Gasteiger partial charge in [-0.2, -0.15) is 4.57 Å². The molecule has 0 unspecified atom stereocenters. The number of nitrogens with zero attached hydrogens (tertiary/aromatic N) is 2. The zero-order valence-electron chi connectivity index (χ0n) is 14.5. The van der Waals surface area contributed by atoms with Crippen LogP contribution in [0.2, 0.25) is 0 Å². The van der Waals surface area contributed by atoms with Crippen LogP contribution in [0.3, 0.4) is 0 Å². The summed E-state index contributed by atoms with van der Waals surface area (Å²) in [4.78, 5) is 0. The summed E-state index contributed by atoms with van der Waals surface area (Å²) in [5.74, 6) is 2.30. The van der Waals surface area contributed by atoms with Gasteiger partial charge in [-0.1, -0.05) is 30.3 Å². The van der Waals surface area contributed by atoms with E-state index in [1.165, 1.54) is 42.0 Å². The van der Waals surface area contributed by atoms with Gasteiger partial charge < -0.3 is 21.7 Å². The molecule has 25 heavy (non-hydrogen) atoms. The molecule has 4 heteroatoms. The molecule has 0 radical (unpaired) electrons. The topological polar surface area (TPSA) is 18.0 Å². The van der Waals surface area contributed by atoms with Gasteiger partial charge >= 0.3 is 0 Å². The highest BCUT2D eigenvalue weighted by Gasteiger charge is 2.26. The van der Waals surface area contributed by atoms with Gasteiger partial charge in [0.05, 0.1) is 13.7 Å². The maximum absolute atomic E-state index is 5.30. The van der Waals surface area contributed by atoms with Crippen molar-refractivity contribution in [3.05, 3.63) is 66.6 Å². The van der Waals surface area contributed by atoms with Crippen LogP contribution in [0.25, 0.3) is 16.9 Å². The monoisotopic (exact) mass is 398 g/mol. The quantitative estimate of drug-likeness (QED) is 0.605. The van der Waals surface area contributed by atoms with Crippen molar-refractivity contribution in [1.82, 2.24) is 4.57 Å². The normalized spacial score (nSPS) is 13.5. The molecule has 0 atom stereocenters. The molecule has 0 N–H and O–H groups in total. The second-order valence-corrected chi connectivity index (χ2v) is 6.33. The minimum Gasteiger partial charge on any atom is -1.00 e. The van der Waals surface area contributed by atoms with Gasteiger partial charge in [0, 0.05) is 12.0 Å². The summed E-state index contributed by atoms with van der Waals surface area (Å²) in [6.07, 6.45) is 7.23. The summed E-state index contributed by atoms with van der Waals surface area (Å²) in [5, 5.41) is 0. The van der Waals surface area contributed by atoms with Crippen molar-refractivity contribution in [1.29, 1.82) is 0 Å². The fourth-order valence-electron chi connectivity index (χ4n) is 3.58. The molecule has 1 aromatic heterocycles. The predicted molar refractivity (Wildman–Crippen MR) is 95.5 cm³/mol. The predicted octanol–water partition coefficient (Wildman–Crippen LogP) is 1.17. The van der Waals surface area contributed by atoms with Gasteiger partial charge in [-0.25, -0.2) is 4.57 Å². The third-order valence-electron chi connectivity index (χ3n) is 4.83. The highest BCUT2D eigenvalue weighted by atomic mass is 79.9. The molecule has 4 rings (SSSR count). The first-order valence-electron chi connectivity index (χ1n) is 8.71. The first-order chi connectivity index (χ1) is 11.9. The molecule has 1 aliphatic heterocycles. The number of benzene rings is 2. The largest absolute Gasteiger partial charge is 1.00 e. The molecule has 0 saturated carbocycles. The Morgan fingerprint density at radius 1 is 0.920 bits per heavy atom. The first-order valence-corrected chi connectivity index (χ1v) is 8.71. The standard InChI is InChI=1S/C21H23N2O.BrH/c1-24-19-13-11-18(12-14-19)23-16-20(17-8-4-2-5-9-17)22-15-7-3-6-10-21(22)23;/h2,4-5,8-9,11-14,16H,3,6-7,10,15H2,1H3;1H/q+1;/p-1. The molecule has 0 saturated heterocycles. The molecule has 3 aromatic rings. The van der Waals surface area contributed by atoms with Gasteiger partial charge in [0.15, 0.2) is 5.69 Å². The van der Waals surface area contributed by atoms with E-state index in [-0.39, 0.29) is 17.0 Å². The van der Waals surface area contributed by atoms with Crippen molar-refractivity contribution in [3.8, 4) is 22.7 Å². The Kier molecular flexibility index (Phi) is 5.59. The molecule has 1 aliphatic rings. The summed E-state index contributed by atoms with van der Waals surface area (Å²) < 4.78 is 10.2. The lowest BCUT2D eigenvalue weighted by molar-refractivity contribution is -0.692. The van der Waals surface area contributed by atoms with Gasteiger partial charge in [0.25, 0.3) is 5.82 Å². The Hall–Kier alpha value is -2.07. The van der Waals surface area contributed by atoms with E-state index in [4.69, 9.17) is 4.74 Å². The van der Waals surface area contributed by atoms with Crippen LogP contribution in [0.15, 0.2) is 60.8 Å². The van der Waals surface area contributed by atoms with Crippen LogP contribution in [-0.2, 0) is 13.0 Å². The van der Waals surface area contributed by atoms with E-state index < -0.39 is 0 Å². The summed E-state index contributed by atoms with van der Waals surface area (Å²) in [5.41, 5.74) is 3.79. The third-order valence-corrected chi connectivity index (χ3v) is 4.83. The molecule has 0 fully saturated rings. The molecular formula is C21H23BrN2O. The second-order valence-electron chi connectivity index (χ2n) is 6.33. The average Bonchev–Trinajstić information content (AvgIpc) is 2.84. The van der Waals surface area contributed by atoms with Crippen molar-refractivity contribution in [2.75, 3.05) is 7.11 Å². The number of hydrogen-bond donors (Lipinski definition) is 0. The van der Waals surface area contributed by atoms with Crippen LogP contribution >= 0.6 is 0 Å². The number of ether oxygens (including phenoxy) is 1. The number of halogens is 1. The number of imidazole rings is 1. The van der Waals surface area contributed by atoms with Crippen molar-refractivity contribution < 1.29 is 26.3 Å². The smallest absolute Gasteiger partial charge is 0.262 e. The van der Waals surface area contributed by atoms with E-state index in [1.807, 2.05) is 12.1 Å². The van der Waals surface area contributed by atoms with Crippen LogP contribution in [0.1, 0.15) is 25.1 Å². The average molecular weight is 399 g/mol. The maximum Gasteiger partial charge on any atom is 0.262 e.